The lowest BCUT2D eigenvalue weighted by Gasteiger charge is -1.63. The molecule has 0 saturated heterocycles. The summed E-state index contributed by atoms with van der Waals surface area (Å²) in [6.45, 7) is 0. The van der Waals surface area contributed by atoms with Crippen molar-refractivity contribution in [3.05, 3.63) is 0 Å². The molecule has 0 N–H and O–H groups in total. The summed E-state index contributed by atoms with van der Waals surface area (Å²) in [6, 6.07) is 0. The molecule has 0 aromatic carbocycles. The first-order chi connectivity index (χ1) is 3.33. The molecule has 0 aromatic heterocycles. The molecule has 0 unspecified atom stereocenters. The van der Waals surface area contributed by atoms with Crippen LogP contribution in [0.4, 0.5) is 0 Å². The van der Waals surface area contributed by atoms with Gasteiger partial charge in [-0.2, -0.15) is 0 Å². The molecule has 0 spiro atoms. The van der Waals surface area contributed by atoms with Gasteiger partial charge in [-0.05, 0) is 21.1 Å². The maximum atomic E-state index is 5.05. The molecule has 0 aliphatic heterocycles. The summed E-state index contributed by atoms with van der Waals surface area (Å²) >= 11 is 13.2. The average Bonchev–Trinajstić information content (AvgIpc) is 1.69. The lowest BCUT2D eigenvalue weighted by atomic mass is 11.0. The highest BCUT2D eigenvalue weighted by molar-refractivity contribution is 9.50. The normalized spacial score (nSPS) is 6.86. The van der Waals surface area contributed by atoms with E-state index in [1.165, 1.54) is 0 Å². The van der Waals surface area contributed by atoms with Gasteiger partial charge in [0.1, 0.15) is 0 Å². The Kier molecular flexibility index (Phi) is 25.1. The quantitative estimate of drug-likeness (QED) is 0.619. The zero-order valence-corrected chi connectivity index (χ0v) is 7.87. The van der Waals surface area contributed by atoms with Crippen molar-refractivity contribution >= 4 is 48.2 Å². The highest BCUT2D eigenvalue weighted by atomic mass is 79.9. The first-order valence-electron chi connectivity index (χ1n) is 1.60. The van der Waals surface area contributed by atoms with Crippen LogP contribution in [0.15, 0.2) is 0 Å². The molecule has 0 aliphatic rings. The SMILES string of the molecule is CSBr.ClCCCl. The van der Waals surface area contributed by atoms with Crippen molar-refractivity contribution in [3.8, 4) is 0 Å². The minimum atomic E-state index is 0.557. The summed E-state index contributed by atoms with van der Waals surface area (Å²) in [7, 11) is 1.56. The summed E-state index contributed by atoms with van der Waals surface area (Å²) in [6.07, 6.45) is 1.96. The van der Waals surface area contributed by atoms with Crippen LogP contribution in [0.5, 0.6) is 0 Å². The molecule has 0 fully saturated rings. The van der Waals surface area contributed by atoms with E-state index in [2.05, 4.69) is 14.8 Å². The predicted octanol–water partition coefficient (Wildman–Crippen LogP) is 3.12. The molecule has 0 aromatic rings. The average molecular weight is 226 g/mol. The molecule has 4 heteroatoms. The van der Waals surface area contributed by atoms with Crippen LogP contribution >= 0.6 is 48.2 Å². The van der Waals surface area contributed by atoms with Crippen LogP contribution in [-0.4, -0.2) is 18.0 Å². The molecule has 0 aliphatic carbocycles. The van der Waals surface area contributed by atoms with Crippen LogP contribution in [-0.2, 0) is 0 Å². The molecule has 0 radical (unpaired) electrons. The van der Waals surface area contributed by atoms with E-state index in [0.717, 1.165) is 0 Å². The Hall–Kier alpha value is 1.41. The number of alkyl halides is 2. The fraction of sp³-hybridized carbons (Fsp3) is 1.00. The number of halogens is 3. The lowest BCUT2D eigenvalue weighted by Crippen LogP contribution is -1.63. The van der Waals surface area contributed by atoms with E-state index in [9.17, 15) is 0 Å². The molecule has 0 saturated carbocycles. The smallest absolute Gasteiger partial charge is 0.0359 e. The Morgan fingerprint density at radius 2 is 1.57 bits per heavy atom. The van der Waals surface area contributed by atoms with Crippen molar-refractivity contribution in [2.45, 2.75) is 0 Å². The molecule has 0 atom stereocenters. The van der Waals surface area contributed by atoms with Crippen LogP contribution < -0.4 is 0 Å². The summed E-state index contributed by atoms with van der Waals surface area (Å²) in [5.41, 5.74) is 0. The van der Waals surface area contributed by atoms with Crippen LogP contribution in [0.3, 0.4) is 0 Å². The van der Waals surface area contributed by atoms with E-state index in [0.29, 0.717) is 11.8 Å². The second-order valence-electron chi connectivity index (χ2n) is 0.532. The van der Waals surface area contributed by atoms with Gasteiger partial charge in [0.05, 0.1) is 0 Å². The molecule has 0 heterocycles. The number of hydrogen-bond acceptors (Lipinski definition) is 1. The van der Waals surface area contributed by atoms with Gasteiger partial charge >= 0.3 is 0 Å². The molecule has 46 valence electrons. The summed E-state index contributed by atoms with van der Waals surface area (Å²) in [5, 5.41) is 0. The van der Waals surface area contributed by atoms with Crippen molar-refractivity contribution in [2.24, 2.45) is 0 Å². The molecule has 7 heavy (non-hydrogen) atoms. The van der Waals surface area contributed by atoms with Gasteiger partial charge in [-0.1, -0.05) is 10.2 Å². The fourth-order valence-corrected chi connectivity index (χ4v) is 0. The van der Waals surface area contributed by atoms with Gasteiger partial charge < -0.3 is 0 Å². The Balaban J connectivity index is 0. The molecular formula is C3H7BrCl2S. The minimum Gasteiger partial charge on any atom is -0.125 e. The molecule has 0 bridgehead atoms. The number of hydrogen-bond donors (Lipinski definition) is 0. The van der Waals surface area contributed by atoms with Crippen molar-refractivity contribution < 1.29 is 0 Å². The Morgan fingerprint density at radius 1 is 1.43 bits per heavy atom. The van der Waals surface area contributed by atoms with Crippen LogP contribution in [0, 0.1) is 0 Å². The maximum absolute atomic E-state index is 5.05. The Morgan fingerprint density at radius 3 is 1.57 bits per heavy atom. The second-order valence-corrected chi connectivity index (χ2v) is 3.54. The van der Waals surface area contributed by atoms with E-state index >= 15 is 0 Å². The molecule has 0 nitrogen and oxygen atoms in total. The van der Waals surface area contributed by atoms with E-state index < -0.39 is 0 Å². The van der Waals surface area contributed by atoms with Crippen molar-refractivity contribution in [1.82, 2.24) is 0 Å². The first-order valence-corrected chi connectivity index (χ1v) is 5.73. The summed E-state index contributed by atoms with van der Waals surface area (Å²) < 4.78 is 0. The predicted molar refractivity (Wildman–Crippen MR) is 43.9 cm³/mol. The molecule has 0 rings (SSSR count). The van der Waals surface area contributed by atoms with Crippen molar-refractivity contribution in [3.63, 3.8) is 0 Å². The minimum absolute atomic E-state index is 0.557. The van der Waals surface area contributed by atoms with Gasteiger partial charge in [-0.15, -0.1) is 23.2 Å². The largest absolute Gasteiger partial charge is 0.125 e. The van der Waals surface area contributed by atoms with E-state index in [-0.39, 0.29) is 0 Å². The third-order valence-electron chi connectivity index (χ3n) is 0.0714. The standard InChI is InChI=1S/C2H4Cl2.CH3BrS/c3-1-2-4;1-3-2/h1-2H2;1H3. The van der Waals surface area contributed by atoms with Gasteiger partial charge in [0.25, 0.3) is 0 Å². The molecule has 0 amide bonds. The summed E-state index contributed by atoms with van der Waals surface area (Å²) in [4.78, 5) is 0. The topological polar surface area (TPSA) is 0 Å². The third-order valence-corrected chi connectivity index (χ3v) is 0.643. The van der Waals surface area contributed by atoms with Crippen LogP contribution in [0.25, 0.3) is 0 Å². The fourth-order valence-electron chi connectivity index (χ4n) is 0. The molecular weight excluding hydrogens is 219 g/mol. The monoisotopic (exact) mass is 224 g/mol. The highest BCUT2D eigenvalue weighted by Crippen LogP contribution is 1.98. The summed E-state index contributed by atoms with van der Waals surface area (Å²) in [5.74, 6) is 1.11. The van der Waals surface area contributed by atoms with Gasteiger partial charge in [0.2, 0.25) is 0 Å². The van der Waals surface area contributed by atoms with Crippen molar-refractivity contribution in [2.75, 3.05) is 18.0 Å². The maximum Gasteiger partial charge on any atom is 0.0359 e. The van der Waals surface area contributed by atoms with E-state index in [1.807, 2.05) is 6.26 Å². The van der Waals surface area contributed by atoms with Gasteiger partial charge in [-0.3, -0.25) is 0 Å². The van der Waals surface area contributed by atoms with Crippen LogP contribution in [0.1, 0.15) is 0 Å². The first kappa shape index (κ1) is 11.2. The Labute approximate surface area is 66.1 Å². The Bertz CT molecular complexity index is 20.4. The second kappa shape index (κ2) is 15.7. The van der Waals surface area contributed by atoms with Gasteiger partial charge in [0.15, 0.2) is 0 Å². The van der Waals surface area contributed by atoms with Gasteiger partial charge in [-0.25, -0.2) is 0 Å². The van der Waals surface area contributed by atoms with E-state index in [4.69, 9.17) is 23.2 Å². The van der Waals surface area contributed by atoms with Gasteiger partial charge in [0, 0.05) is 11.8 Å². The zero-order valence-electron chi connectivity index (χ0n) is 3.96. The highest BCUT2D eigenvalue weighted by Gasteiger charge is 1.61. The van der Waals surface area contributed by atoms with Crippen molar-refractivity contribution in [1.29, 1.82) is 0 Å². The third kappa shape index (κ3) is 37.3. The number of rotatable bonds is 1. The van der Waals surface area contributed by atoms with Crippen LogP contribution in [0.2, 0.25) is 0 Å². The zero-order chi connectivity index (χ0) is 6.12. The lowest BCUT2D eigenvalue weighted by molar-refractivity contribution is 1.52. The van der Waals surface area contributed by atoms with E-state index in [1.54, 1.807) is 10.2 Å².